The van der Waals surface area contributed by atoms with Crippen molar-refractivity contribution in [3.8, 4) is 0 Å². The molecule has 0 unspecified atom stereocenters. The zero-order valence-electron chi connectivity index (χ0n) is 9.51. The van der Waals surface area contributed by atoms with E-state index in [4.69, 9.17) is 0 Å². The lowest BCUT2D eigenvalue weighted by atomic mass is 10.0. The quantitative estimate of drug-likeness (QED) is 0.638. The van der Waals surface area contributed by atoms with Gasteiger partial charge in [0.2, 0.25) is 0 Å². The summed E-state index contributed by atoms with van der Waals surface area (Å²) in [5.74, 6) is 0. The molecule has 1 heteroatoms. The highest BCUT2D eigenvalue weighted by Gasteiger charge is 2.01. The summed E-state index contributed by atoms with van der Waals surface area (Å²) in [4.78, 5) is 4.31. The van der Waals surface area contributed by atoms with Crippen LogP contribution < -0.4 is 0 Å². The Balaban J connectivity index is 2.06. The average molecular weight is 219 g/mol. The number of benzene rings is 2. The third kappa shape index (κ3) is 2.04. The van der Waals surface area contributed by atoms with E-state index in [9.17, 15) is 0 Å². The second-order valence-corrected chi connectivity index (χ2v) is 4.18. The molecule has 0 bridgehead atoms. The summed E-state index contributed by atoms with van der Waals surface area (Å²) in [6.45, 7) is 0. The SMILES string of the molecule is c1ccc(Cc2cncc3ccccc23)cc1. The van der Waals surface area contributed by atoms with Crippen LogP contribution in [0.3, 0.4) is 0 Å². The van der Waals surface area contributed by atoms with Crippen molar-refractivity contribution in [2.45, 2.75) is 6.42 Å². The van der Waals surface area contributed by atoms with E-state index >= 15 is 0 Å². The lowest BCUT2D eigenvalue weighted by Gasteiger charge is -2.05. The molecule has 3 aromatic rings. The second-order valence-electron chi connectivity index (χ2n) is 4.18. The van der Waals surface area contributed by atoms with Crippen molar-refractivity contribution in [1.82, 2.24) is 4.98 Å². The first-order chi connectivity index (χ1) is 8.43. The molecule has 0 aliphatic heterocycles. The molecule has 1 nitrogen and oxygen atoms in total. The Morgan fingerprint density at radius 2 is 1.53 bits per heavy atom. The molecule has 1 aromatic heterocycles. The van der Waals surface area contributed by atoms with Gasteiger partial charge in [0.1, 0.15) is 0 Å². The number of nitrogens with zero attached hydrogens (tertiary/aromatic N) is 1. The largest absolute Gasteiger partial charge is 0.264 e. The van der Waals surface area contributed by atoms with E-state index in [1.54, 1.807) is 0 Å². The molecule has 1 heterocycles. The lowest BCUT2D eigenvalue weighted by molar-refractivity contribution is 1.17. The van der Waals surface area contributed by atoms with Crippen LogP contribution >= 0.6 is 0 Å². The van der Waals surface area contributed by atoms with Gasteiger partial charge in [0.25, 0.3) is 0 Å². The minimum atomic E-state index is 0.940. The first kappa shape index (κ1) is 10.0. The average Bonchev–Trinajstić information content (AvgIpc) is 2.40. The highest BCUT2D eigenvalue weighted by molar-refractivity contribution is 5.84. The third-order valence-corrected chi connectivity index (χ3v) is 2.99. The monoisotopic (exact) mass is 219 g/mol. The van der Waals surface area contributed by atoms with E-state index in [0.717, 1.165) is 6.42 Å². The Morgan fingerprint density at radius 3 is 2.41 bits per heavy atom. The molecule has 17 heavy (non-hydrogen) atoms. The normalized spacial score (nSPS) is 10.6. The highest BCUT2D eigenvalue weighted by atomic mass is 14.6. The van der Waals surface area contributed by atoms with Crippen LogP contribution in [-0.4, -0.2) is 4.98 Å². The summed E-state index contributed by atoms with van der Waals surface area (Å²) >= 11 is 0. The van der Waals surface area contributed by atoms with Gasteiger partial charge in [-0.15, -0.1) is 0 Å². The molecule has 0 saturated carbocycles. The molecule has 0 aliphatic carbocycles. The summed E-state index contributed by atoms with van der Waals surface area (Å²) in [6, 6.07) is 18.9. The molecule has 0 aliphatic rings. The van der Waals surface area contributed by atoms with Crippen molar-refractivity contribution in [2.24, 2.45) is 0 Å². The maximum atomic E-state index is 4.31. The van der Waals surface area contributed by atoms with E-state index in [1.165, 1.54) is 21.9 Å². The zero-order valence-corrected chi connectivity index (χ0v) is 9.51. The van der Waals surface area contributed by atoms with Crippen molar-refractivity contribution in [3.05, 3.63) is 78.1 Å². The van der Waals surface area contributed by atoms with Crippen LogP contribution in [0.5, 0.6) is 0 Å². The molecule has 0 atom stereocenters. The summed E-state index contributed by atoms with van der Waals surface area (Å²) in [7, 11) is 0. The maximum Gasteiger partial charge on any atom is 0.0346 e. The molecule has 0 fully saturated rings. The van der Waals surface area contributed by atoms with Crippen molar-refractivity contribution < 1.29 is 0 Å². The summed E-state index contributed by atoms with van der Waals surface area (Å²) in [5, 5.41) is 2.51. The summed E-state index contributed by atoms with van der Waals surface area (Å²) in [6.07, 6.45) is 4.83. The van der Waals surface area contributed by atoms with Crippen molar-refractivity contribution in [2.75, 3.05) is 0 Å². The standard InChI is InChI=1S/C16H13N/c1-2-6-13(7-3-1)10-15-12-17-11-14-8-4-5-9-16(14)15/h1-9,11-12H,10H2. The van der Waals surface area contributed by atoms with Crippen LogP contribution in [0.25, 0.3) is 10.8 Å². The topological polar surface area (TPSA) is 12.9 Å². The van der Waals surface area contributed by atoms with E-state index in [1.807, 2.05) is 18.5 Å². The summed E-state index contributed by atoms with van der Waals surface area (Å²) in [5.41, 5.74) is 2.61. The van der Waals surface area contributed by atoms with E-state index in [0.29, 0.717) is 0 Å². The lowest BCUT2D eigenvalue weighted by Crippen LogP contribution is -1.90. The number of pyridine rings is 1. The zero-order chi connectivity index (χ0) is 11.5. The second kappa shape index (κ2) is 4.38. The Hall–Kier alpha value is -2.15. The molecule has 2 aromatic carbocycles. The van der Waals surface area contributed by atoms with Gasteiger partial charge < -0.3 is 0 Å². The van der Waals surface area contributed by atoms with Gasteiger partial charge >= 0.3 is 0 Å². The molecule has 3 rings (SSSR count). The molecule has 0 radical (unpaired) electrons. The number of hydrogen-bond acceptors (Lipinski definition) is 1. The fraction of sp³-hybridized carbons (Fsp3) is 0.0625. The van der Waals surface area contributed by atoms with Crippen LogP contribution in [0, 0.1) is 0 Å². The molecule has 0 spiro atoms. The number of aromatic nitrogens is 1. The van der Waals surface area contributed by atoms with Gasteiger partial charge in [-0.3, -0.25) is 4.98 Å². The minimum Gasteiger partial charge on any atom is -0.264 e. The van der Waals surface area contributed by atoms with Crippen LogP contribution in [0.4, 0.5) is 0 Å². The summed E-state index contributed by atoms with van der Waals surface area (Å²) < 4.78 is 0. The Labute approximate surface area is 101 Å². The Bertz CT molecular complexity index is 624. The van der Waals surface area contributed by atoms with Gasteiger partial charge in [-0.2, -0.15) is 0 Å². The smallest absolute Gasteiger partial charge is 0.0346 e. The third-order valence-electron chi connectivity index (χ3n) is 2.99. The van der Waals surface area contributed by atoms with E-state index in [2.05, 4.69) is 53.5 Å². The van der Waals surface area contributed by atoms with Crippen LogP contribution in [0.2, 0.25) is 0 Å². The first-order valence-electron chi connectivity index (χ1n) is 5.79. The van der Waals surface area contributed by atoms with E-state index in [-0.39, 0.29) is 0 Å². The van der Waals surface area contributed by atoms with Gasteiger partial charge in [-0.25, -0.2) is 0 Å². The van der Waals surface area contributed by atoms with Crippen molar-refractivity contribution >= 4 is 10.8 Å². The van der Waals surface area contributed by atoms with Crippen LogP contribution in [0.15, 0.2) is 67.0 Å². The molecule has 0 N–H and O–H groups in total. The highest BCUT2D eigenvalue weighted by Crippen LogP contribution is 2.19. The predicted molar refractivity (Wildman–Crippen MR) is 71.0 cm³/mol. The van der Waals surface area contributed by atoms with E-state index < -0.39 is 0 Å². The van der Waals surface area contributed by atoms with Gasteiger partial charge in [0.15, 0.2) is 0 Å². The number of rotatable bonds is 2. The Kier molecular flexibility index (Phi) is 2.59. The van der Waals surface area contributed by atoms with Gasteiger partial charge in [0.05, 0.1) is 0 Å². The van der Waals surface area contributed by atoms with Gasteiger partial charge in [0, 0.05) is 17.8 Å². The molecular formula is C16H13N. The molecule has 82 valence electrons. The van der Waals surface area contributed by atoms with Crippen LogP contribution in [-0.2, 0) is 6.42 Å². The van der Waals surface area contributed by atoms with Crippen molar-refractivity contribution in [1.29, 1.82) is 0 Å². The molecule has 0 amide bonds. The Morgan fingerprint density at radius 1 is 0.765 bits per heavy atom. The molecular weight excluding hydrogens is 206 g/mol. The van der Waals surface area contributed by atoms with Crippen LogP contribution in [0.1, 0.15) is 11.1 Å². The maximum absolute atomic E-state index is 4.31. The first-order valence-corrected chi connectivity index (χ1v) is 5.79. The van der Waals surface area contributed by atoms with Gasteiger partial charge in [-0.05, 0) is 22.9 Å². The molecule has 0 saturated heterocycles. The fourth-order valence-electron chi connectivity index (χ4n) is 2.14. The number of hydrogen-bond donors (Lipinski definition) is 0. The number of fused-ring (bicyclic) bond motifs is 1. The minimum absolute atomic E-state index is 0.940. The van der Waals surface area contributed by atoms with Crippen molar-refractivity contribution in [3.63, 3.8) is 0 Å². The fourth-order valence-corrected chi connectivity index (χ4v) is 2.14. The van der Waals surface area contributed by atoms with Gasteiger partial charge in [-0.1, -0.05) is 54.6 Å². The predicted octanol–water partition coefficient (Wildman–Crippen LogP) is 3.83.